The fourth-order valence-corrected chi connectivity index (χ4v) is 3.31. The van der Waals surface area contributed by atoms with Gasteiger partial charge in [0.1, 0.15) is 5.82 Å². The molecule has 0 radical (unpaired) electrons. The van der Waals surface area contributed by atoms with E-state index in [-0.39, 0.29) is 30.2 Å². The Morgan fingerprint density at radius 2 is 1.92 bits per heavy atom. The summed E-state index contributed by atoms with van der Waals surface area (Å²) in [5.41, 5.74) is 1.52. The zero-order valence-electron chi connectivity index (χ0n) is 20.9. The van der Waals surface area contributed by atoms with Crippen LogP contribution in [0.3, 0.4) is 0 Å². The minimum Gasteiger partial charge on any atom is -0.493 e. The van der Waals surface area contributed by atoms with Crippen molar-refractivity contribution in [2.45, 2.75) is 52.7 Å². The van der Waals surface area contributed by atoms with Gasteiger partial charge in [0.15, 0.2) is 18.1 Å². The van der Waals surface area contributed by atoms with Crippen LogP contribution in [0.5, 0.6) is 11.5 Å². The van der Waals surface area contributed by atoms with Crippen molar-refractivity contribution in [3.63, 3.8) is 0 Å². The van der Waals surface area contributed by atoms with Crippen LogP contribution in [-0.2, 0) is 17.9 Å². The van der Waals surface area contributed by atoms with Crippen LogP contribution in [0, 0.1) is 11.7 Å². The summed E-state index contributed by atoms with van der Waals surface area (Å²) in [5, 5.41) is 13.7. The van der Waals surface area contributed by atoms with Crippen LogP contribution >= 0.6 is 0 Å². The number of rotatable bonds is 14. The van der Waals surface area contributed by atoms with Gasteiger partial charge in [-0.1, -0.05) is 37.2 Å². The first-order chi connectivity index (χ1) is 17.4. The molecule has 3 aromatic rings. The lowest BCUT2D eigenvalue weighted by atomic mass is 10.1. The maximum absolute atomic E-state index is 13.0. The molecule has 0 spiro atoms. The maximum Gasteiger partial charge on any atom is 0.320 e. The van der Waals surface area contributed by atoms with Crippen LogP contribution in [0.15, 0.2) is 59.0 Å². The third kappa shape index (κ3) is 9.05. The number of nitrogens with one attached hydrogen (secondary N) is 2. The molecule has 36 heavy (non-hydrogen) atoms. The van der Waals surface area contributed by atoms with Crippen molar-refractivity contribution < 1.29 is 23.1 Å². The van der Waals surface area contributed by atoms with E-state index in [4.69, 9.17) is 13.9 Å². The summed E-state index contributed by atoms with van der Waals surface area (Å²) in [7, 11) is 1.55. The summed E-state index contributed by atoms with van der Waals surface area (Å²) in [4.78, 5) is 12.1. The minimum atomic E-state index is -0.330. The lowest BCUT2D eigenvalue weighted by molar-refractivity contribution is -0.121. The predicted molar refractivity (Wildman–Crippen MR) is 136 cm³/mol. The number of carbonyl (C=O) groups is 1. The molecule has 0 fully saturated rings. The molecule has 0 aliphatic heterocycles. The Labute approximate surface area is 210 Å². The van der Waals surface area contributed by atoms with Crippen molar-refractivity contribution in [3.05, 3.63) is 71.9 Å². The molecule has 1 heterocycles. The van der Waals surface area contributed by atoms with Crippen molar-refractivity contribution in [3.8, 4) is 11.5 Å². The van der Waals surface area contributed by atoms with Gasteiger partial charge in [0.2, 0.25) is 5.91 Å². The van der Waals surface area contributed by atoms with E-state index >= 15 is 0 Å². The Morgan fingerprint density at radius 1 is 1.11 bits per heavy atom. The van der Waals surface area contributed by atoms with Crippen LogP contribution in [0.4, 0.5) is 16.1 Å². The Bertz CT molecular complexity index is 1130. The molecule has 0 aliphatic carbocycles. The SMILES string of the molecule is COc1cc(CNC(=O)CCCC/C=C/C(C)C)ccc1OCc1nnc(Nc2ccc(F)cc2)o1. The number of unbranched alkanes of at least 4 members (excludes halogenated alkanes) is 2. The Kier molecular flexibility index (Phi) is 10.3. The molecule has 1 aromatic heterocycles. The van der Waals surface area contributed by atoms with Gasteiger partial charge in [-0.25, -0.2) is 4.39 Å². The fraction of sp³-hybridized carbons (Fsp3) is 0.370. The van der Waals surface area contributed by atoms with E-state index in [1.807, 2.05) is 12.1 Å². The second kappa shape index (κ2) is 13.9. The number of hydrogen-bond acceptors (Lipinski definition) is 7. The van der Waals surface area contributed by atoms with E-state index in [1.54, 1.807) is 25.3 Å². The Morgan fingerprint density at radius 3 is 2.67 bits per heavy atom. The van der Waals surface area contributed by atoms with Crippen molar-refractivity contribution in [1.82, 2.24) is 15.5 Å². The lowest BCUT2D eigenvalue weighted by Gasteiger charge is -2.12. The number of benzene rings is 2. The number of aromatic nitrogens is 2. The first-order valence-electron chi connectivity index (χ1n) is 12.0. The molecule has 0 unspecified atom stereocenters. The molecular formula is C27H33FN4O4. The van der Waals surface area contributed by atoms with Crippen molar-refractivity contribution in [1.29, 1.82) is 0 Å². The van der Waals surface area contributed by atoms with Crippen LogP contribution in [-0.4, -0.2) is 23.2 Å². The molecule has 0 saturated carbocycles. The summed E-state index contributed by atoms with van der Waals surface area (Å²) in [6.07, 6.45) is 7.74. The van der Waals surface area contributed by atoms with Gasteiger partial charge < -0.3 is 24.5 Å². The van der Waals surface area contributed by atoms with Gasteiger partial charge in [-0.2, -0.15) is 0 Å². The number of amides is 1. The molecule has 1 amide bonds. The molecule has 0 bridgehead atoms. The van der Waals surface area contributed by atoms with Gasteiger partial charge in [0, 0.05) is 18.7 Å². The zero-order valence-corrected chi connectivity index (χ0v) is 20.9. The molecule has 192 valence electrons. The van der Waals surface area contributed by atoms with Crippen molar-refractivity contribution >= 4 is 17.6 Å². The molecule has 9 heteroatoms. The van der Waals surface area contributed by atoms with Gasteiger partial charge in [-0.05, 0) is 67.1 Å². The zero-order chi connectivity index (χ0) is 25.8. The van der Waals surface area contributed by atoms with E-state index in [0.29, 0.717) is 36.1 Å². The van der Waals surface area contributed by atoms with E-state index in [9.17, 15) is 9.18 Å². The monoisotopic (exact) mass is 496 g/mol. The second-order valence-electron chi connectivity index (χ2n) is 8.60. The molecule has 3 rings (SSSR count). The smallest absolute Gasteiger partial charge is 0.320 e. The highest BCUT2D eigenvalue weighted by atomic mass is 19.1. The molecular weight excluding hydrogens is 463 g/mol. The number of ether oxygens (including phenoxy) is 2. The number of anilines is 2. The summed E-state index contributed by atoms with van der Waals surface area (Å²) in [6.45, 7) is 4.75. The summed E-state index contributed by atoms with van der Waals surface area (Å²) < 4.78 is 29.8. The van der Waals surface area contributed by atoms with Gasteiger partial charge in [0.05, 0.1) is 7.11 Å². The Hall–Kier alpha value is -3.88. The second-order valence-corrected chi connectivity index (χ2v) is 8.60. The third-order valence-electron chi connectivity index (χ3n) is 5.18. The highest BCUT2D eigenvalue weighted by Crippen LogP contribution is 2.29. The van der Waals surface area contributed by atoms with E-state index < -0.39 is 0 Å². The van der Waals surface area contributed by atoms with E-state index in [1.165, 1.54) is 12.1 Å². The normalized spacial score (nSPS) is 11.1. The maximum atomic E-state index is 13.0. The molecule has 0 atom stereocenters. The quantitative estimate of drug-likeness (QED) is 0.211. The predicted octanol–water partition coefficient (Wildman–Crippen LogP) is 5.93. The van der Waals surface area contributed by atoms with E-state index in [2.05, 4.69) is 46.8 Å². The number of nitrogens with zero attached hydrogens (tertiary/aromatic N) is 2. The number of allylic oxidation sites excluding steroid dienone is 2. The van der Waals surface area contributed by atoms with Gasteiger partial charge >= 0.3 is 6.01 Å². The first-order valence-corrected chi connectivity index (χ1v) is 12.0. The van der Waals surface area contributed by atoms with Gasteiger partial charge in [-0.3, -0.25) is 4.79 Å². The van der Waals surface area contributed by atoms with E-state index in [0.717, 1.165) is 24.8 Å². The summed E-state index contributed by atoms with van der Waals surface area (Å²) >= 11 is 0. The molecule has 0 aliphatic rings. The first kappa shape index (κ1) is 26.7. The average molecular weight is 497 g/mol. The highest BCUT2D eigenvalue weighted by molar-refractivity contribution is 5.75. The fourth-order valence-electron chi connectivity index (χ4n) is 3.31. The number of halogens is 1. The average Bonchev–Trinajstić information content (AvgIpc) is 3.32. The van der Waals surface area contributed by atoms with Crippen LogP contribution in [0.25, 0.3) is 0 Å². The topological polar surface area (TPSA) is 98.5 Å². The van der Waals surface area contributed by atoms with Crippen LogP contribution in [0.1, 0.15) is 51.0 Å². The van der Waals surface area contributed by atoms with Crippen molar-refractivity contribution in [2.24, 2.45) is 5.92 Å². The lowest BCUT2D eigenvalue weighted by Crippen LogP contribution is -2.22. The van der Waals surface area contributed by atoms with Crippen LogP contribution < -0.4 is 20.1 Å². The number of methoxy groups -OCH3 is 1. The minimum absolute atomic E-state index is 0.0311. The Balaban J connectivity index is 1.43. The highest BCUT2D eigenvalue weighted by Gasteiger charge is 2.11. The summed E-state index contributed by atoms with van der Waals surface area (Å²) in [6, 6.07) is 11.4. The molecule has 0 saturated heterocycles. The largest absolute Gasteiger partial charge is 0.493 e. The van der Waals surface area contributed by atoms with Crippen LogP contribution in [0.2, 0.25) is 0 Å². The molecule has 2 N–H and O–H groups in total. The van der Waals surface area contributed by atoms with Crippen molar-refractivity contribution in [2.75, 3.05) is 12.4 Å². The summed E-state index contributed by atoms with van der Waals surface area (Å²) in [5.74, 6) is 1.56. The molecule has 2 aromatic carbocycles. The van der Waals surface area contributed by atoms with Gasteiger partial charge in [-0.15, -0.1) is 5.10 Å². The number of carbonyl (C=O) groups excluding carboxylic acids is 1. The van der Waals surface area contributed by atoms with Gasteiger partial charge in [0.25, 0.3) is 5.89 Å². The standard InChI is InChI=1S/C27H33FN4O4/c1-19(2)8-6-4-5-7-9-25(33)29-17-20-10-15-23(24(16-20)34-3)35-18-26-31-32-27(36-26)30-22-13-11-21(28)12-14-22/h6,8,10-16,19H,4-5,7,9,17-18H2,1-3H3,(H,29,33)(H,30,32)/b8-6+. The number of hydrogen-bond donors (Lipinski definition) is 2. The molecule has 8 nitrogen and oxygen atoms in total. The third-order valence-corrected chi connectivity index (χ3v) is 5.18.